The highest BCUT2D eigenvalue weighted by atomic mass is 79.9. The summed E-state index contributed by atoms with van der Waals surface area (Å²) in [4.78, 5) is 4.08. The molecule has 2 atom stereocenters. The Morgan fingerprint density at radius 2 is 2.33 bits per heavy atom. The van der Waals surface area contributed by atoms with Gasteiger partial charge in [0.1, 0.15) is 0 Å². The van der Waals surface area contributed by atoms with Crippen molar-refractivity contribution in [2.24, 2.45) is 0 Å². The number of rotatable bonds is 5. The van der Waals surface area contributed by atoms with Gasteiger partial charge in [-0.2, -0.15) is 0 Å². The lowest BCUT2D eigenvalue weighted by Crippen LogP contribution is -2.30. The van der Waals surface area contributed by atoms with Crippen LogP contribution in [0.25, 0.3) is 0 Å². The van der Waals surface area contributed by atoms with Crippen LogP contribution in [0.4, 0.5) is 0 Å². The van der Waals surface area contributed by atoms with Gasteiger partial charge >= 0.3 is 0 Å². The number of pyridine rings is 1. The fourth-order valence-electron chi connectivity index (χ4n) is 1.26. The lowest BCUT2D eigenvalue weighted by Gasteiger charge is -2.11. The van der Waals surface area contributed by atoms with Gasteiger partial charge in [0, 0.05) is 52.3 Å². The highest BCUT2D eigenvalue weighted by molar-refractivity contribution is 9.10. The summed E-state index contributed by atoms with van der Waals surface area (Å²) < 4.78 is 12.0. The molecular formula is C10H15BrN2OS. The molecule has 0 radical (unpaired) electrons. The Kier molecular flexibility index (Phi) is 5.42. The van der Waals surface area contributed by atoms with E-state index in [0.717, 1.165) is 16.6 Å². The minimum atomic E-state index is -0.745. The average Bonchev–Trinajstić information content (AvgIpc) is 2.14. The Hall–Kier alpha value is -0.260. The first-order valence-electron chi connectivity index (χ1n) is 4.71. The van der Waals surface area contributed by atoms with Crippen LogP contribution in [0.5, 0.6) is 0 Å². The van der Waals surface area contributed by atoms with Gasteiger partial charge in [-0.3, -0.25) is 9.19 Å². The van der Waals surface area contributed by atoms with E-state index < -0.39 is 10.8 Å². The number of nitrogens with zero attached hydrogens (tertiary/aromatic N) is 1. The van der Waals surface area contributed by atoms with Gasteiger partial charge in [0.05, 0.1) is 0 Å². The fraction of sp³-hybridized carbons (Fsp3) is 0.500. The minimum absolute atomic E-state index is 0.259. The van der Waals surface area contributed by atoms with Crippen LogP contribution in [-0.4, -0.2) is 27.2 Å². The van der Waals surface area contributed by atoms with Crippen molar-refractivity contribution < 1.29 is 4.21 Å². The zero-order valence-electron chi connectivity index (χ0n) is 8.87. The number of nitrogens with one attached hydrogen (secondary N) is 1. The molecule has 2 unspecified atom stereocenters. The monoisotopic (exact) mass is 290 g/mol. The standard InChI is InChI=1S/C10H15BrN2OS/c1-8(7-15(2)14)13-5-9-3-10(11)6-12-4-9/h3-4,6,8,13H,5,7H2,1-2H3. The zero-order valence-corrected chi connectivity index (χ0v) is 11.3. The average molecular weight is 291 g/mol. The van der Waals surface area contributed by atoms with Crippen LogP contribution in [-0.2, 0) is 17.3 Å². The molecular weight excluding hydrogens is 276 g/mol. The number of hydrogen-bond acceptors (Lipinski definition) is 3. The maximum atomic E-state index is 11.0. The lowest BCUT2D eigenvalue weighted by atomic mass is 10.2. The van der Waals surface area contributed by atoms with Crippen LogP contribution < -0.4 is 5.32 Å². The van der Waals surface area contributed by atoms with Crippen molar-refractivity contribution in [3.8, 4) is 0 Å². The second-order valence-electron chi connectivity index (χ2n) is 3.53. The molecule has 84 valence electrons. The molecule has 0 saturated carbocycles. The van der Waals surface area contributed by atoms with Gasteiger partial charge < -0.3 is 5.32 Å². The minimum Gasteiger partial charge on any atom is -0.309 e. The maximum absolute atomic E-state index is 11.0. The molecule has 1 heterocycles. The second-order valence-corrected chi connectivity index (χ2v) is 5.93. The molecule has 1 rings (SSSR count). The largest absolute Gasteiger partial charge is 0.309 e. The Labute approximate surface area is 101 Å². The molecule has 0 saturated heterocycles. The fourth-order valence-corrected chi connectivity index (χ4v) is 2.49. The van der Waals surface area contributed by atoms with E-state index in [1.54, 1.807) is 12.5 Å². The molecule has 3 nitrogen and oxygen atoms in total. The van der Waals surface area contributed by atoms with Crippen LogP contribution in [0, 0.1) is 0 Å². The van der Waals surface area contributed by atoms with Gasteiger partial charge in [0.15, 0.2) is 0 Å². The van der Waals surface area contributed by atoms with Crippen molar-refractivity contribution in [1.29, 1.82) is 0 Å². The number of aromatic nitrogens is 1. The van der Waals surface area contributed by atoms with E-state index in [1.807, 2.05) is 19.2 Å². The number of hydrogen-bond donors (Lipinski definition) is 1. The zero-order chi connectivity index (χ0) is 11.3. The quantitative estimate of drug-likeness (QED) is 0.898. The molecule has 1 aromatic heterocycles. The van der Waals surface area contributed by atoms with Crippen LogP contribution >= 0.6 is 15.9 Å². The third-order valence-electron chi connectivity index (χ3n) is 1.90. The molecule has 0 fully saturated rings. The summed E-state index contributed by atoms with van der Waals surface area (Å²) in [6, 6.07) is 2.28. The Bertz CT molecular complexity index is 346. The third-order valence-corrected chi connectivity index (χ3v) is 3.30. The van der Waals surface area contributed by atoms with E-state index in [2.05, 4.69) is 26.2 Å². The summed E-state index contributed by atoms with van der Waals surface area (Å²) >= 11 is 3.37. The molecule has 0 amide bonds. The smallest absolute Gasteiger partial charge is 0.0410 e. The predicted octanol–water partition coefficient (Wildman–Crippen LogP) is 1.70. The van der Waals surface area contributed by atoms with E-state index in [-0.39, 0.29) is 6.04 Å². The van der Waals surface area contributed by atoms with Crippen molar-refractivity contribution >= 4 is 26.7 Å². The van der Waals surface area contributed by atoms with Crippen molar-refractivity contribution in [2.75, 3.05) is 12.0 Å². The third kappa shape index (κ3) is 5.39. The Morgan fingerprint density at radius 3 is 2.93 bits per heavy atom. The van der Waals surface area contributed by atoms with Crippen molar-refractivity contribution in [1.82, 2.24) is 10.3 Å². The van der Waals surface area contributed by atoms with E-state index in [1.165, 1.54) is 0 Å². The molecule has 5 heteroatoms. The molecule has 0 bridgehead atoms. The molecule has 15 heavy (non-hydrogen) atoms. The normalized spacial score (nSPS) is 14.9. The van der Waals surface area contributed by atoms with Crippen molar-refractivity contribution in [3.05, 3.63) is 28.5 Å². The van der Waals surface area contributed by atoms with Gasteiger partial charge in [-0.15, -0.1) is 0 Å². The van der Waals surface area contributed by atoms with Crippen LogP contribution in [0.15, 0.2) is 22.9 Å². The molecule has 0 spiro atoms. The highest BCUT2D eigenvalue weighted by Gasteiger charge is 2.03. The van der Waals surface area contributed by atoms with E-state index in [9.17, 15) is 4.21 Å². The van der Waals surface area contributed by atoms with Crippen molar-refractivity contribution in [3.63, 3.8) is 0 Å². The predicted molar refractivity (Wildman–Crippen MR) is 67.2 cm³/mol. The van der Waals surface area contributed by atoms with Crippen LogP contribution in [0.1, 0.15) is 12.5 Å². The van der Waals surface area contributed by atoms with Crippen LogP contribution in [0.2, 0.25) is 0 Å². The Morgan fingerprint density at radius 1 is 1.60 bits per heavy atom. The Balaban J connectivity index is 2.40. The summed E-state index contributed by atoms with van der Waals surface area (Å²) in [5, 5.41) is 3.30. The van der Waals surface area contributed by atoms with E-state index >= 15 is 0 Å². The summed E-state index contributed by atoms with van der Waals surface area (Å²) in [6.45, 7) is 2.79. The summed E-state index contributed by atoms with van der Waals surface area (Å²) in [5.74, 6) is 0.682. The SMILES string of the molecule is CC(CS(C)=O)NCc1cncc(Br)c1. The van der Waals surface area contributed by atoms with E-state index in [0.29, 0.717) is 5.75 Å². The van der Waals surface area contributed by atoms with Gasteiger partial charge in [-0.1, -0.05) is 0 Å². The molecule has 0 aliphatic carbocycles. The molecule has 0 aliphatic heterocycles. The molecule has 1 aromatic rings. The van der Waals surface area contributed by atoms with Gasteiger partial charge in [0.25, 0.3) is 0 Å². The van der Waals surface area contributed by atoms with Crippen LogP contribution in [0.3, 0.4) is 0 Å². The first kappa shape index (κ1) is 12.8. The highest BCUT2D eigenvalue weighted by Crippen LogP contribution is 2.09. The summed E-state index contributed by atoms with van der Waals surface area (Å²) in [6.07, 6.45) is 5.31. The van der Waals surface area contributed by atoms with E-state index in [4.69, 9.17) is 0 Å². The van der Waals surface area contributed by atoms with Gasteiger partial charge in [-0.25, -0.2) is 0 Å². The second kappa shape index (κ2) is 6.35. The summed E-state index contributed by atoms with van der Waals surface area (Å²) in [7, 11) is -0.745. The summed E-state index contributed by atoms with van der Waals surface area (Å²) in [5.41, 5.74) is 1.12. The number of halogens is 1. The van der Waals surface area contributed by atoms with Gasteiger partial charge in [-0.05, 0) is 34.5 Å². The first-order valence-corrected chi connectivity index (χ1v) is 7.23. The maximum Gasteiger partial charge on any atom is 0.0410 e. The molecule has 1 N–H and O–H groups in total. The van der Waals surface area contributed by atoms with Gasteiger partial charge in [0.2, 0.25) is 0 Å². The lowest BCUT2D eigenvalue weighted by molar-refractivity contribution is 0.586. The first-order chi connectivity index (χ1) is 7.08. The topological polar surface area (TPSA) is 42.0 Å². The molecule has 0 aromatic carbocycles. The van der Waals surface area contributed by atoms with Crippen molar-refractivity contribution in [2.45, 2.75) is 19.5 Å². The molecule has 0 aliphatic rings.